The number of amides is 2. The summed E-state index contributed by atoms with van der Waals surface area (Å²) >= 11 is 0. The van der Waals surface area contributed by atoms with Crippen molar-refractivity contribution in [1.29, 1.82) is 0 Å². The molecular formula is C23H42N4O2. The summed E-state index contributed by atoms with van der Waals surface area (Å²) in [5.74, 6) is 1.14. The fourth-order valence-electron chi connectivity index (χ4n) is 5.51. The molecule has 6 heteroatoms. The summed E-state index contributed by atoms with van der Waals surface area (Å²) in [5.41, 5.74) is 0.409. The van der Waals surface area contributed by atoms with Gasteiger partial charge in [-0.15, -0.1) is 0 Å². The van der Waals surface area contributed by atoms with Crippen molar-refractivity contribution in [3.8, 4) is 0 Å². The number of nitrogens with zero attached hydrogens (tertiary/aromatic N) is 3. The molecule has 166 valence electrons. The predicted molar refractivity (Wildman–Crippen MR) is 117 cm³/mol. The normalized spacial score (nSPS) is 26.7. The van der Waals surface area contributed by atoms with Gasteiger partial charge in [-0.1, -0.05) is 27.7 Å². The molecule has 1 N–H and O–H groups in total. The zero-order valence-electron chi connectivity index (χ0n) is 19.2. The summed E-state index contributed by atoms with van der Waals surface area (Å²) in [6.45, 7) is 14.0. The third kappa shape index (κ3) is 5.32. The molecule has 2 amide bonds. The smallest absolute Gasteiger partial charge is 0.245 e. The summed E-state index contributed by atoms with van der Waals surface area (Å²) < 4.78 is 0. The van der Waals surface area contributed by atoms with Crippen molar-refractivity contribution in [2.75, 3.05) is 46.3 Å². The molecule has 1 spiro atoms. The number of likely N-dealkylation sites (tertiary alicyclic amines) is 2. The molecule has 3 heterocycles. The molecule has 1 unspecified atom stereocenters. The Hall–Kier alpha value is -1.14. The average Bonchev–Trinajstić information content (AvgIpc) is 3.01. The van der Waals surface area contributed by atoms with Gasteiger partial charge >= 0.3 is 0 Å². The quantitative estimate of drug-likeness (QED) is 0.735. The molecule has 6 nitrogen and oxygen atoms in total. The Balaban J connectivity index is 1.68. The van der Waals surface area contributed by atoms with Crippen LogP contribution in [-0.4, -0.2) is 84.9 Å². The molecule has 0 bridgehead atoms. The molecule has 0 radical (unpaired) electrons. The zero-order chi connectivity index (χ0) is 21.2. The Kier molecular flexibility index (Phi) is 7.26. The van der Waals surface area contributed by atoms with Gasteiger partial charge in [0.25, 0.3) is 0 Å². The van der Waals surface area contributed by atoms with Crippen molar-refractivity contribution < 1.29 is 9.59 Å². The molecule has 0 aromatic heterocycles. The third-order valence-electron chi connectivity index (χ3n) is 7.15. The number of carbonyl (C=O) groups excluding carboxylic acids is 2. The van der Waals surface area contributed by atoms with E-state index in [0.29, 0.717) is 23.8 Å². The molecule has 3 rings (SSSR count). The lowest BCUT2D eigenvalue weighted by molar-refractivity contribution is -0.151. The molecule has 3 aliphatic rings. The second-order valence-electron chi connectivity index (χ2n) is 10.6. The molecule has 2 atom stereocenters. The minimum atomic E-state index is -0.306. The van der Waals surface area contributed by atoms with Gasteiger partial charge in [0.2, 0.25) is 11.8 Å². The lowest BCUT2D eigenvalue weighted by Gasteiger charge is -2.44. The van der Waals surface area contributed by atoms with Crippen LogP contribution >= 0.6 is 0 Å². The van der Waals surface area contributed by atoms with Crippen LogP contribution < -0.4 is 5.32 Å². The predicted octanol–water partition coefficient (Wildman–Crippen LogP) is 2.19. The first-order valence-corrected chi connectivity index (χ1v) is 11.7. The molecule has 0 aromatic carbocycles. The van der Waals surface area contributed by atoms with Crippen molar-refractivity contribution in [3.05, 3.63) is 0 Å². The minimum absolute atomic E-state index is 0.120. The van der Waals surface area contributed by atoms with E-state index in [0.717, 1.165) is 51.9 Å². The number of piperidine rings is 1. The van der Waals surface area contributed by atoms with E-state index in [-0.39, 0.29) is 23.9 Å². The Morgan fingerprint density at radius 2 is 1.72 bits per heavy atom. The van der Waals surface area contributed by atoms with Gasteiger partial charge < -0.3 is 20.0 Å². The third-order valence-corrected chi connectivity index (χ3v) is 7.15. The van der Waals surface area contributed by atoms with Crippen LogP contribution in [-0.2, 0) is 9.59 Å². The van der Waals surface area contributed by atoms with Crippen molar-refractivity contribution in [2.24, 2.45) is 17.3 Å². The van der Waals surface area contributed by atoms with Crippen LogP contribution in [0.15, 0.2) is 0 Å². The molecule has 3 saturated heterocycles. The van der Waals surface area contributed by atoms with Gasteiger partial charge in [-0.3, -0.25) is 9.59 Å². The van der Waals surface area contributed by atoms with E-state index in [1.165, 1.54) is 13.0 Å². The molecule has 3 aliphatic heterocycles. The van der Waals surface area contributed by atoms with Crippen molar-refractivity contribution in [2.45, 2.75) is 71.9 Å². The SMILES string of the molecule is CC(C)CC(C(=O)N1CCC2(CCN(C)C2)CC1)N1CCN[C@@H](CC(C)C)C1=O. The van der Waals surface area contributed by atoms with Crippen LogP contribution in [0.3, 0.4) is 0 Å². The summed E-state index contributed by atoms with van der Waals surface area (Å²) in [4.78, 5) is 33.2. The van der Waals surface area contributed by atoms with Crippen molar-refractivity contribution >= 4 is 11.8 Å². The maximum absolute atomic E-state index is 13.6. The lowest BCUT2D eigenvalue weighted by Crippen LogP contribution is -2.62. The summed E-state index contributed by atoms with van der Waals surface area (Å²) in [5, 5.41) is 3.37. The zero-order valence-corrected chi connectivity index (χ0v) is 19.2. The van der Waals surface area contributed by atoms with Crippen molar-refractivity contribution in [3.63, 3.8) is 0 Å². The molecule has 0 aromatic rings. The van der Waals surface area contributed by atoms with E-state index < -0.39 is 0 Å². The van der Waals surface area contributed by atoms with Gasteiger partial charge in [0.05, 0.1) is 6.04 Å². The highest BCUT2D eigenvalue weighted by Gasteiger charge is 2.43. The van der Waals surface area contributed by atoms with E-state index in [1.54, 1.807) is 0 Å². The molecular weight excluding hydrogens is 364 g/mol. The Bertz CT molecular complexity index is 583. The van der Waals surface area contributed by atoms with Gasteiger partial charge in [0, 0.05) is 32.7 Å². The van der Waals surface area contributed by atoms with E-state index in [9.17, 15) is 9.59 Å². The first-order chi connectivity index (χ1) is 13.7. The van der Waals surface area contributed by atoms with E-state index >= 15 is 0 Å². The highest BCUT2D eigenvalue weighted by molar-refractivity contribution is 5.90. The summed E-state index contributed by atoms with van der Waals surface area (Å²) in [6.07, 6.45) is 5.04. The average molecular weight is 407 g/mol. The van der Waals surface area contributed by atoms with Crippen LogP contribution in [0.4, 0.5) is 0 Å². The Morgan fingerprint density at radius 3 is 2.28 bits per heavy atom. The highest BCUT2D eigenvalue weighted by Crippen LogP contribution is 2.40. The number of nitrogens with one attached hydrogen (secondary N) is 1. The molecule has 3 fully saturated rings. The number of piperazine rings is 1. The van der Waals surface area contributed by atoms with Gasteiger partial charge in [-0.05, 0) is 62.9 Å². The summed E-state index contributed by atoms with van der Waals surface area (Å²) in [7, 11) is 2.20. The maximum atomic E-state index is 13.6. The highest BCUT2D eigenvalue weighted by atomic mass is 16.2. The second-order valence-corrected chi connectivity index (χ2v) is 10.6. The van der Waals surface area contributed by atoms with E-state index in [2.05, 4.69) is 49.9 Å². The number of hydrogen-bond acceptors (Lipinski definition) is 4. The first-order valence-electron chi connectivity index (χ1n) is 11.7. The van der Waals surface area contributed by atoms with Crippen LogP contribution in [0.2, 0.25) is 0 Å². The van der Waals surface area contributed by atoms with Gasteiger partial charge in [-0.25, -0.2) is 0 Å². The number of rotatable bonds is 6. The van der Waals surface area contributed by atoms with Gasteiger partial charge in [-0.2, -0.15) is 0 Å². The van der Waals surface area contributed by atoms with Gasteiger partial charge in [0.15, 0.2) is 0 Å². The fraction of sp³-hybridized carbons (Fsp3) is 0.913. The Morgan fingerprint density at radius 1 is 1.07 bits per heavy atom. The topological polar surface area (TPSA) is 55.9 Å². The van der Waals surface area contributed by atoms with Crippen LogP contribution in [0.1, 0.15) is 59.8 Å². The standard InChI is InChI=1S/C23H42N4O2/c1-17(2)14-19-21(28)27(13-9-24-19)20(15-18(3)4)22(29)26-11-7-23(8-12-26)6-10-25(5)16-23/h17-20,24H,6-16H2,1-5H3/t19-,20?/m0/s1. The first kappa shape index (κ1) is 22.5. The maximum Gasteiger partial charge on any atom is 0.245 e. The van der Waals surface area contributed by atoms with Crippen LogP contribution in [0.5, 0.6) is 0 Å². The van der Waals surface area contributed by atoms with Crippen LogP contribution in [0.25, 0.3) is 0 Å². The minimum Gasteiger partial charge on any atom is -0.341 e. The Labute approximate surface area is 177 Å². The van der Waals surface area contributed by atoms with Crippen LogP contribution in [0, 0.1) is 17.3 Å². The van der Waals surface area contributed by atoms with E-state index in [4.69, 9.17) is 0 Å². The molecule has 0 saturated carbocycles. The fourth-order valence-corrected chi connectivity index (χ4v) is 5.51. The van der Waals surface area contributed by atoms with Crippen molar-refractivity contribution in [1.82, 2.24) is 20.0 Å². The lowest BCUT2D eigenvalue weighted by atomic mass is 9.77. The largest absolute Gasteiger partial charge is 0.341 e. The number of carbonyl (C=O) groups is 2. The molecule has 0 aliphatic carbocycles. The van der Waals surface area contributed by atoms with E-state index in [1.807, 2.05) is 4.90 Å². The monoisotopic (exact) mass is 406 g/mol. The second kappa shape index (κ2) is 9.34. The number of hydrogen-bond donors (Lipinski definition) is 1. The summed E-state index contributed by atoms with van der Waals surface area (Å²) in [6, 6.07) is -0.454. The van der Waals surface area contributed by atoms with Gasteiger partial charge in [0.1, 0.15) is 6.04 Å². The molecule has 29 heavy (non-hydrogen) atoms.